The summed E-state index contributed by atoms with van der Waals surface area (Å²) in [6, 6.07) is 10.5. The fourth-order valence-electron chi connectivity index (χ4n) is 6.11. The molecule has 2 aromatic carbocycles. The summed E-state index contributed by atoms with van der Waals surface area (Å²) in [5, 5.41) is 2.11. The zero-order chi connectivity index (χ0) is 31.1. The lowest BCUT2D eigenvalue weighted by atomic mass is 9.80. The van der Waals surface area contributed by atoms with Crippen LogP contribution in [0, 0.1) is 17.7 Å². The summed E-state index contributed by atoms with van der Waals surface area (Å²) in [5.41, 5.74) is 8.31. The Labute approximate surface area is 252 Å². The number of carbonyl (C=O) groups is 1. The van der Waals surface area contributed by atoms with E-state index in [4.69, 9.17) is 16.3 Å². The van der Waals surface area contributed by atoms with E-state index in [2.05, 4.69) is 5.43 Å². The van der Waals surface area contributed by atoms with Crippen LogP contribution in [0.1, 0.15) is 35.7 Å². The van der Waals surface area contributed by atoms with E-state index in [-0.39, 0.29) is 47.7 Å². The third-order valence-electron chi connectivity index (χ3n) is 8.06. The van der Waals surface area contributed by atoms with Gasteiger partial charge in [-0.15, -0.1) is 0 Å². The summed E-state index contributed by atoms with van der Waals surface area (Å²) < 4.78 is 85.6. The van der Waals surface area contributed by atoms with Crippen molar-refractivity contribution in [1.82, 2.24) is 9.73 Å². The molecule has 1 heterocycles. The Morgan fingerprint density at radius 3 is 2.58 bits per heavy atom. The zero-order valence-corrected chi connectivity index (χ0v) is 25.0. The summed E-state index contributed by atoms with van der Waals surface area (Å²) in [6.07, 6.45) is 0.117. The van der Waals surface area contributed by atoms with Gasteiger partial charge in [0.2, 0.25) is 10.0 Å². The van der Waals surface area contributed by atoms with E-state index in [9.17, 15) is 30.8 Å². The lowest BCUT2D eigenvalue weighted by Crippen LogP contribution is -2.42. The first kappa shape index (κ1) is 31.1. The predicted molar refractivity (Wildman–Crippen MR) is 155 cm³/mol. The van der Waals surface area contributed by atoms with Crippen LogP contribution in [0.2, 0.25) is 5.02 Å². The highest BCUT2D eigenvalue weighted by atomic mass is 35.5. The van der Waals surface area contributed by atoms with Crippen LogP contribution in [0.5, 0.6) is 0 Å². The normalized spacial score (nSPS) is 20.0. The summed E-state index contributed by atoms with van der Waals surface area (Å²) in [4.78, 5) is 12.3. The molecule has 0 unspecified atom stereocenters. The Balaban J connectivity index is 1.42. The highest BCUT2D eigenvalue weighted by Gasteiger charge is 2.42. The van der Waals surface area contributed by atoms with Gasteiger partial charge in [0.15, 0.2) is 5.75 Å². The van der Waals surface area contributed by atoms with Gasteiger partial charge in [-0.25, -0.2) is 21.9 Å². The van der Waals surface area contributed by atoms with Gasteiger partial charge in [-0.2, -0.15) is 13.2 Å². The van der Waals surface area contributed by atoms with Crippen LogP contribution >= 0.6 is 11.6 Å². The van der Waals surface area contributed by atoms with Gasteiger partial charge in [0.25, 0.3) is 0 Å². The van der Waals surface area contributed by atoms with Crippen molar-refractivity contribution in [3.8, 4) is 0 Å². The highest BCUT2D eigenvalue weighted by molar-refractivity contribution is 7.89. The molecule has 43 heavy (non-hydrogen) atoms. The molecule has 0 saturated carbocycles. The molecule has 0 amide bonds. The number of nitrogens with one attached hydrogen (secondary N) is 1. The Bertz CT molecular complexity index is 1620. The Morgan fingerprint density at radius 1 is 1.19 bits per heavy atom. The molecule has 1 aliphatic heterocycles. The molecular formula is C30H30ClF4N3O4S. The molecule has 0 saturated heterocycles. The predicted octanol–water partition coefficient (Wildman–Crippen LogP) is 6.15. The van der Waals surface area contributed by atoms with Crippen molar-refractivity contribution < 1.29 is 35.5 Å². The van der Waals surface area contributed by atoms with E-state index in [0.29, 0.717) is 18.4 Å². The van der Waals surface area contributed by atoms with Crippen molar-refractivity contribution in [1.29, 1.82) is 0 Å². The van der Waals surface area contributed by atoms with Crippen LogP contribution in [-0.2, 0) is 21.2 Å². The first-order valence-corrected chi connectivity index (χ1v) is 15.6. The van der Waals surface area contributed by atoms with E-state index >= 15 is 0 Å². The monoisotopic (exact) mass is 639 g/mol. The van der Waals surface area contributed by atoms with Gasteiger partial charge in [0.05, 0.1) is 24.1 Å². The summed E-state index contributed by atoms with van der Waals surface area (Å²) in [5.74, 6) is -3.45. The van der Waals surface area contributed by atoms with Crippen LogP contribution in [-0.4, -0.2) is 50.8 Å². The fraction of sp³-hybridized carbons (Fsp3) is 0.367. The minimum absolute atomic E-state index is 0.0153. The molecule has 0 aromatic heterocycles. The molecular weight excluding hydrogens is 610 g/mol. The van der Waals surface area contributed by atoms with Crippen molar-refractivity contribution in [3.63, 3.8) is 0 Å². The number of sulfonamides is 1. The van der Waals surface area contributed by atoms with Gasteiger partial charge in [-0.1, -0.05) is 30.2 Å². The van der Waals surface area contributed by atoms with Gasteiger partial charge >= 0.3 is 12.1 Å². The minimum atomic E-state index is -4.92. The maximum absolute atomic E-state index is 13.5. The number of hydrogen-bond acceptors (Lipinski definition) is 6. The second-order valence-electron chi connectivity index (χ2n) is 10.8. The maximum atomic E-state index is 13.5. The smallest absolute Gasteiger partial charge is 0.404 e. The number of benzene rings is 2. The molecule has 0 radical (unpaired) electrons. The number of alkyl halides is 3. The lowest BCUT2D eigenvalue weighted by Gasteiger charge is -2.32. The molecule has 3 aliphatic rings. The number of allylic oxidation sites excluding steroid dienone is 3. The lowest BCUT2D eigenvalue weighted by molar-refractivity contribution is -0.107. The second kappa shape index (κ2) is 12.0. The molecule has 13 heteroatoms. The minimum Gasteiger partial charge on any atom is -0.465 e. The number of methoxy groups -OCH3 is 1. The number of hydrazine groups is 1. The highest BCUT2D eigenvalue weighted by Crippen LogP contribution is 2.48. The molecule has 0 spiro atoms. The van der Waals surface area contributed by atoms with Crippen molar-refractivity contribution in [3.05, 3.63) is 99.1 Å². The van der Waals surface area contributed by atoms with Crippen LogP contribution in [0.15, 0.2) is 77.2 Å². The third-order valence-corrected chi connectivity index (χ3v) is 10.1. The van der Waals surface area contributed by atoms with Crippen molar-refractivity contribution in [2.24, 2.45) is 11.8 Å². The maximum Gasteiger partial charge on any atom is 0.404 e. The van der Waals surface area contributed by atoms with Crippen LogP contribution < -0.4 is 10.4 Å². The molecule has 2 aliphatic carbocycles. The van der Waals surface area contributed by atoms with Crippen molar-refractivity contribution >= 4 is 33.3 Å². The fourth-order valence-corrected chi connectivity index (χ4v) is 7.65. The van der Waals surface area contributed by atoms with Crippen LogP contribution in [0.3, 0.4) is 0 Å². The number of halogens is 5. The van der Waals surface area contributed by atoms with Crippen LogP contribution in [0.4, 0.5) is 23.2 Å². The number of fused-ring (bicyclic) bond motifs is 1. The average molecular weight is 640 g/mol. The van der Waals surface area contributed by atoms with Crippen molar-refractivity contribution in [2.45, 2.75) is 32.4 Å². The second-order valence-corrected chi connectivity index (χ2v) is 13.2. The van der Waals surface area contributed by atoms with E-state index in [1.165, 1.54) is 31.4 Å². The van der Waals surface area contributed by atoms with E-state index < -0.39 is 27.9 Å². The largest absolute Gasteiger partial charge is 0.465 e. The Kier molecular flexibility index (Phi) is 8.65. The first-order chi connectivity index (χ1) is 20.3. The summed E-state index contributed by atoms with van der Waals surface area (Å²) >= 11 is 6.03. The Hall–Kier alpha value is -3.35. The molecule has 0 bridgehead atoms. The number of anilines is 1. The molecule has 1 N–H and O–H groups in total. The van der Waals surface area contributed by atoms with Crippen LogP contribution in [0.25, 0.3) is 0 Å². The number of nitrogens with zero attached hydrogens (tertiary/aromatic N) is 2. The number of rotatable bonds is 9. The van der Waals surface area contributed by atoms with E-state index in [1.54, 1.807) is 18.2 Å². The quantitative estimate of drug-likeness (QED) is 0.262. The van der Waals surface area contributed by atoms with Gasteiger partial charge in [0, 0.05) is 35.8 Å². The SMILES string of the molecule is COC(=O)c1cc(Cl)ccc1CCN(C[C@H]1CCC2=C1[C@@H](C)C1=CNN(c3ccc(F)cc3)C1=C2)S(=O)(=O)CC(F)(F)F. The zero-order valence-electron chi connectivity index (χ0n) is 23.4. The summed E-state index contributed by atoms with van der Waals surface area (Å²) in [7, 11) is -3.55. The molecule has 230 valence electrons. The van der Waals surface area contributed by atoms with Gasteiger partial charge in [-0.3, -0.25) is 5.01 Å². The number of ether oxygens (including phenoxy) is 1. The number of hydrogen-bond donors (Lipinski definition) is 1. The van der Waals surface area contributed by atoms with Gasteiger partial charge < -0.3 is 10.2 Å². The Morgan fingerprint density at radius 2 is 1.91 bits per heavy atom. The standard InChI is InChI=1S/C30H30ClF4N3O4S/c1-18-26-15-36-38(24-9-7-23(32)8-10-24)27(26)13-20-3-4-21(28(18)20)16-37(43(40,41)17-30(33,34)35)12-11-19-5-6-22(31)14-25(19)29(39)42-2/h5-10,13-15,18,21,36H,3-4,11-12,16-17H2,1-2H3/t18-,21+/m0/s1. The third kappa shape index (κ3) is 6.61. The summed E-state index contributed by atoms with van der Waals surface area (Å²) in [6.45, 7) is 1.60. The van der Waals surface area contributed by atoms with Crippen molar-refractivity contribution in [2.75, 3.05) is 31.0 Å². The molecule has 5 rings (SSSR count). The molecule has 0 fully saturated rings. The number of carbonyl (C=O) groups excluding carboxylic acids is 1. The first-order valence-electron chi connectivity index (χ1n) is 13.7. The number of esters is 1. The average Bonchev–Trinajstić information content (AvgIpc) is 3.55. The van der Waals surface area contributed by atoms with Gasteiger partial charge in [0.1, 0.15) is 5.82 Å². The van der Waals surface area contributed by atoms with E-state index in [0.717, 1.165) is 32.4 Å². The topological polar surface area (TPSA) is 79.0 Å². The van der Waals surface area contributed by atoms with Gasteiger partial charge in [-0.05, 0) is 78.8 Å². The molecule has 7 nitrogen and oxygen atoms in total. The molecule has 2 aromatic rings. The molecule has 2 atom stereocenters. The van der Waals surface area contributed by atoms with E-state index in [1.807, 2.05) is 24.2 Å².